The fourth-order valence-electron chi connectivity index (χ4n) is 1.67. The molecule has 0 atom stereocenters. The summed E-state index contributed by atoms with van der Waals surface area (Å²) in [4.78, 5) is 23.4. The number of anilines is 1. The van der Waals surface area contributed by atoms with Crippen LogP contribution in [0.25, 0.3) is 0 Å². The van der Waals surface area contributed by atoms with Crippen LogP contribution in [0.1, 0.15) is 20.7 Å². The first kappa shape index (κ1) is 20.6. The second-order valence-corrected chi connectivity index (χ2v) is 7.41. The van der Waals surface area contributed by atoms with Crippen LogP contribution in [-0.4, -0.2) is 11.9 Å². The molecule has 0 fully saturated rings. The van der Waals surface area contributed by atoms with Gasteiger partial charge < -0.3 is 15.2 Å². The standard InChI is InChI=1S/C14H8I3NO3.Na/c15-8-6-9(16)12(11(17)10(8)14(20)21)18-13(19)7-4-2-1-3-5-7;/h1-6H,(H,18,19)(H,20,21);/q;+1/p-1. The summed E-state index contributed by atoms with van der Waals surface area (Å²) in [7, 11) is 0. The Morgan fingerprint density at radius 3 is 2.14 bits per heavy atom. The van der Waals surface area contributed by atoms with E-state index in [4.69, 9.17) is 0 Å². The molecule has 1 amide bonds. The van der Waals surface area contributed by atoms with E-state index >= 15 is 0 Å². The van der Waals surface area contributed by atoms with Crippen LogP contribution >= 0.6 is 67.8 Å². The van der Waals surface area contributed by atoms with E-state index in [0.29, 0.717) is 18.4 Å². The molecule has 0 radical (unpaired) electrons. The van der Waals surface area contributed by atoms with Crippen LogP contribution in [0.5, 0.6) is 0 Å². The van der Waals surface area contributed by atoms with E-state index < -0.39 is 5.97 Å². The molecule has 0 spiro atoms. The minimum absolute atomic E-state index is 0. The van der Waals surface area contributed by atoms with Crippen molar-refractivity contribution in [1.29, 1.82) is 0 Å². The summed E-state index contributed by atoms with van der Waals surface area (Å²) >= 11 is 5.93. The fourth-order valence-corrected chi connectivity index (χ4v) is 5.75. The van der Waals surface area contributed by atoms with Crippen LogP contribution in [0, 0.1) is 10.7 Å². The van der Waals surface area contributed by atoms with Gasteiger partial charge in [-0.2, -0.15) is 0 Å². The molecule has 2 aromatic rings. The van der Waals surface area contributed by atoms with E-state index in [1.807, 2.05) is 51.2 Å². The fraction of sp³-hybridized carbons (Fsp3) is 0. The van der Waals surface area contributed by atoms with Crippen molar-refractivity contribution in [2.24, 2.45) is 0 Å². The number of halogens is 3. The number of rotatable bonds is 3. The van der Waals surface area contributed by atoms with Gasteiger partial charge in [-0.3, -0.25) is 4.79 Å². The van der Waals surface area contributed by atoms with Gasteiger partial charge in [0.05, 0.1) is 11.7 Å². The molecule has 0 heterocycles. The number of nitrogens with one attached hydrogen (secondary N) is 1. The van der Waals surface area contributed by atoms with Gasteiger partial charge in [0.25, 0.3) is 5.91 Å². The van der Waals surface area contributed by atoms with Crippen LogP contribution in [0.4, 0.5) is 5.69 Å². The molecule has 22 heavy (non-hydrogen) atoms. The van der Waals surface area contributed by atoms with Gasteiger partial charge in [0.15, 0.2) is 0 Å². The van der Waals surface area contributed by atoms with E-state index in [1.54, 1.807) is 30.3 Å². The summed E-state index contributed by atoms with van der Waals surface area (Å²) in [5, 5.41) is 14.0. The normalized spacial score (nSPS) is 9.77. The zero-order valence-corrected chi connectivity index (χ0v) is 19.8. The maximum Gasteiger partial charge on any atom is 1.00 e. The molecule has 0 saturated carbocycles. The van der Waals surface area contributed by atoms with Crippen molar-refractivity contribution in [2.75, 3.05) is 5.32 Å². The number of hydrogen-bond donors (Lipinski definition) is 1. The number of aromatic carboxylic acids is 1. The molecule has 0 aliphatic carbocycles. The van der Waals surface area contributed by atoms with E-state index in [1.165, 1.54) is 0 Å². The summed E-state index contributed by atoms with van der Waals surface area (Å²) in [6, 6.07) is 10.5. The molecule has 2 rings (SSSR count). The predicted octanol–water partition coefficient (Wildman–Crippen LogP) is 0.120. The number of carboxylic acids is 1. The second-order valence-electron chi connectivity index (χ2n) is 4.01. The zero-order chi connectivity index (χ0) is 15.6. The first-order valence-electron chi connectivity index (χ1n) is 5.67. The number of carbonyl (C=O) groups excluding carboxylic acids is 2. The smallest absolute Gasteiger partial charge is 0.545 e. The molecule has 0 saturated heterocycles. The van der Waals surface area contributed by atoms with Crippen LogP contribution in [-0.2, 0) is 0 Å². The van der Waals surface area contributed by atoms with Gasteiger partial charge in [0, 0.05) is 21.8 Å². The molecule has 108 valence electrons. The average molecular weight is 641 g/mol. The van der Waals surface area contributed by atoms with Crippen LogP contribution in [0.2, 0.25) is 0 Å². The molecule has 2 aromatic carbocycles. The molecular weight excluding hydrogens is 634 g/mol. The number of hydrogen-bond acceptors (Lipinski definition) is 3. The predicted molar refractivity (Wildman–Crippen MR) is 103 cm³/mol. The van der Waals surface area contributed by atoms with Gasteiger partial charge in [0.2, 0.25) is 0 Å². The Morgan fingerprint density at radius 2 is 1.59 bits per heavy atom. The second kappa shape index (κ2) is 9.16. The molecule has 0 bridgehead atoms. The zero-order valence-electron chi connectivity index (χ0n) is 11.3. The minimum atomic E-state index is -1.25. The first-order chi connectivity index (χ1) is 9.91. The summed E-state index contributed by atoms with van der Waals surface area (Å²) < 4.78 is 1.82. The Kier molecular flexibility index (Phi) is 8.58. The van der Waals surface area contributed by atoms with E-state index in [0.717, 1.165) is 3.57 Å². The molecule has 0 aliphatic rings. The van der Waals surface area contributed by atoms with Crippen molar-refractivity contribution >= 4 is 85.3 Å². The first-order valence-corrected chi connectivity index (χ1v) is 8.90. The van der Waals surface area contributed by atoms with Crippen molar-refractivity contribution in [3.63, 3.8) is 0 Å². The summed E-state index contributed by atoms with van der Waals surface area (Å²) in [6.07, 6.45) is 0. The van der Waals surface area contributed by atoms with Gasteiger partial charge in [0.1, 0.15) is 0 Å². The molecule has 0 aromatic heterocycles. The van der Waals surface area contributed by atoms with Crippen molar-refractivity contribution < 1.29 is 44.3 Å². The van der Waals surface area contributed by atoms with Gasteiger partial charge in [-0.15, -0.1) is 0 Å². The molecule has 0 unspecified atom stereocenters. The quantitative estimate of drug-likeness (QED) is 0.383. The maximum atomic E-state index is 12.2. The minimum Gasteiger partial charge on any atom is -0.545 e. The topological polar surface area (TPSA) is 69.2 Å². The number of carbonyl (C=O) groups is 2. The summed E-state index contributed by atoms with van der Waals surface area (Å²) in [6.45, 7) is 0. The van der Waals surface area contributed by atoms with Gasteiger partial charge in [-0.25, -0.2) is 0 Å². The van der Waals surface area contributed by atoms with E-state index in [9.17, 15) is 14.7 Å². The van der Waals surface area contributed by atoms with Crippen molar-refractivity contribution in [1.82, 2.24) is 0 Å². The number of amides is 1. The molecule has 8 heteroatoms. The van der Waals surface area contributed by atoms with Crippen LogP contribution < -0.4 is 40.0 Å². The SMILES string of the molecule is O=C(Nc1c(I)cc(I)c(C(=O)[O-])c1I)c1ccccc1.[Na+]. The number of benzene rings is 2. The largest absolute Gasteiger partial charge is 1.00 e. The van der Waals surface area contributed by atoms with Gasteiger partial charge >= 0.3 is 29.6 Å². The third-order valence-corrected chi connectivity index (χ3v) is 5.43. The van der Waals surface area contributed by atoms with Gasteiger partial charge in [-0.1, -0.05) is 18.2 Å². The monoisotopic (exact) mass is 641 g/mol. The Hall–Kier alpha value is 0.570. The van der Waals surface area contributed by atoms with Crippen molar-refractivity contribution in [2.45, 2.75) is 0 Å². The third kappa shape index (κ3) is 4.79. The molecule has 0 aliphatic heterocycles. The Bertz CT molecular complexity index is 723. The summed E-state index contributed by atoms with van der Waals surface area (Å²) in [5.41, 5.74) is 1.10. The van der Waals surface area contributed by atoms with Crippen molar-refractivity contribution in [3.8, 4) is 0 Å². The average Bonchev–Trinajstić information content (AvgIpc) is 2.43. The molecule has 4 nitrogen and oxygen atoms in total. The third-order valence-electron chi connectivity index (χ3n) is 2.65. The Morgan fingerprint density at radius 1 is 1.00 bits per heavy atom. The molecule has 1 N–H and O–H groups in total. The van der Waals surface area contributed by atoms with Crippen LogP contribution in [0.15, 0.2) is 36.4 Å². The Labute approximate surface area is 190 Å². The summed E-state index contributed by atoms with van der Waals surface area (Å²) in [5.74, 6) is -1.53. The number of carboxylic acid groups (broad SMARTS) is 1. The molecular formula is C14H7I3NNaO3. The van der Waals surface area contributed by atoms with Crippen LogP contribution in [0.3, 0.4) is 0 Å². The van der Waals surface area contributed by atoms with E-state index in [2.05, 4.69) is 27.9 Å². The maximum absolute atomic E-state index is 12.2. The van der Waals surface area contributed by atoms with Gasteiger partial charge in [-0.05, 0) is 86.0 Å². The Balaban J connectivity index is 0.00000242. The van der Waals surface area contributed by atoms with E-state index in [-0.39, 0.29) is 41.0 Å². The van der Waals surface area contributed by atoms with Crippen molar-refractivity contribution in [3.05, 3.63) is 58.2 Å².